The molecule has 0 aliphatic heterocycles. The van der Waals surface area contributed by atoms with Gasteiger partial charge < -0.3 is 4.42 Å². The van der Waals surface area contributed by atoms with Crippen LogP contribution in [0, 0.1) is 0 Å². The van der Waals surface area contributed by atoms with Crippen LogP contribution in [0.15, 0.2) is 53.1 Å². The fourth-order valence-corrected chi connectivity index (χ4v) is 5.70. The zero-order chi connectivity index (χ0) is 20.9. The molecule has 2 aromatic carbocycles. The fraction of sp³-hybridized carbons (Fsp3) is 0.346. The van der Waals surface area contributed by atoms with E-state index in [0.29, 0.717) is 11.8 Å². The Morgan fingerprint density at radius 3 is 2.28 bits per heavy atom. The zero-order valence-electron chi connectivity index (χ0n) is 18.6. The van der Waals surface area contributed by atoms with Gasteiger partial charge in [0, 0.05) is 22.5 Å². The van der Waals surface area contributed by atoms with Crippen LogP contribution in [0.1, 0.15) is 50.7 Å². The number of furan rings is 1. The number of aromatic nitrogens is 1. The molecule has 4 aromatic rings. The van der Waals surface area contributed by atoms with E-state index in [1.165, 1.54) is 27.1 Å². The lowest BCUT2D eigenvalue weighted by molar-refractivity contribution is 0.669. The van der Waals surface area contributed by atoms with Crippen LogP contribution >= 0.6 is 0 Å². The second-order valence-electron chi connectivity index (χ2n) is 9.73. The van der Waals surface area contributed by atoms with Gasteiger partial charge in [-0.15, -0.1) is 0 Å². The van der Waals surface area contributed by atoms with E-state index in [4.69, 9.17) is 9.40 Å². The molecule has 0 aliphatic carbocycles. The van der Waals surface area contributed by atoms with E-state index in [1.54, 1.807) is 0 Å². The molecule has 0 fully saturated rings. The molecule has 0 atom stereocenters. The maximum atomic E-state index is 6.47. The quantitative estimate of drug-likeness (QED) is 0.332. The van der Waals surface area contributed by atoms with Crippen molar-refractivity contribution in [1.82, 2.24) is 4.98 Å². The molecule has 2 nitrogen and oxygen atoms in total. The van der Waals surface area contributed by atoms with Gasteiger partial charge in [-0.05, 0) is 40.3 Å². The normalized spacial score (nSPS) is 12.6. The van der Waals surface area contributed by atoms with Crippen LogP contribution in [0.3, 0.4) is 0 Å². The average molecular weight is 402 g/mol. The number of benzene rings is 2. The van der Waals surface area contributed by atoms with Crippen LogP contribution in [0.5, 0.6) is 0 Å². The SMILES string of the molecule is CC(C)c1cnc(-c2ccc([Si](C)(C)C)c3c2oc2ccccc23)c(C(C)C)c1. The van der Waals surface area contributed by atoms with Crippen LogP contribution in [-0.2, 0) is 0 Å². The minimum absolute atomic E-state index is 0.396. The number of rotatable bonds is 4. The number of hydrogen-bond acceptors (Lipinski definition) is 2. The number of para-hydroxylation sites is 1. The lowest BCUT2D eigenvalue weighted by Gasteiger charge is -2.20. The molecule has 0 saturated heterocycles. The molecule has 29 heavy (non-hydrogen) atoms. The smallest absolute Gasteiger partial charge is 0.144 e. The predicted octanol–water partition coefficient (Wildman–Crippen LogP) is 7.44. The third kappa shape index (κ3) is 3.42. The lowest BCUT2D eigenvalue weighted by atomic mass is 9.92. The van der Waals surface area contributed by atoms with Gasteiger partial charge in [-0.25, -0.2) is 0 Å². The second-order valence-corrected chi connectivity index (χ2v) is 14.8. The van der Waals surface area contributed by atoms with Crippen molar-refractivity contribution in [2.24, 2.45) is 0 Å². The summed E-state index contributed by atoms with van der Waals surface area (Å²) < 4.78 is 6.47. The molecular weight excluding hydrogens is 370 g/mol. The van der Waals surface area contributed by atoms with Crippen LogP contribution in [0.2, 0.25) is 19.6 Å². The first-order valence-corrected chi connectivity index (χ1v) is 14.1. The Morgan fingerprint density at radius 2 is 1.62 bits per heavy atom. The minimum atomic E-state index is -1.54. The zero-order valence-corrected chi connectivity index (χ0v) is 19.6. The van der Waals surface area contributed by atoms with Crippen molar-refractivity contribution in [3.8, 4) is 11.3 Å². The highest BCUT2D eigenvalue weighted by Crippen LogP contribution is 2.38. The summed E-state index contributed by atoms with van der Waals surface area (Å²) in [5.41, 5.74) is 6.68. The van der Waals surface area contributed by atoms with Gasteiger partial charge in [0.25, 0.3) is 0 Å². The molecule has 0 N–H and O–H groups in total. The van der Waals surface area contributed by atoms with E-state index in [9.17, 15) is 0 Å². The molecule has 0 radical (unpaired) electrons. The molecule has 2 aromatic heterocycles. The first-order chi connectivity index (χ1) is 13.7. The van der Waals surface area contributed by atoms with Crippen molar-refractivity contribution in [1.29, 1.82) is 0 Å². The van der Waals surface area contributed by atoms with Crippen LogP contribution in [-0.4, -0.2) is 13.1 Å². The van der Waals surface area contributed by atoms with Gasteiger partial charge in [0.05, 0.1) is 13.8 Å². The van der Waals surface area contributed by atoms with Gasteiger partial charge in [0.1, 0.15) is 11.2 Å². The highest BCUT2D eigenvalue weighted by Gasteiger charge is 2.25. The van der Waals surface area contributed by atoms with Crippen LogP contribution in [0.25, 0.3) is 33.2 Å². The third-order valence-corrected chi connectivity index (χ3v) is 7.85. The van der Waals surface area contributed by atoms with E-state index >= 15 is 0 Å². The molecule has 0 bridgehead atoms. The standard InChI is InChI=1S/C26H31NOSi/c1-16(2)18-14-21(17(3)4)25(27-15-18)20-12-13-23(29(5,6)7)24-19-10-8-9-11-22(19)28-26(20)24/h8-17H,1-7H3. The first kappa shape index (κ1) is 19.9. The Bertz CT molecular complexity index is 1190. The first-order valence-electron chi connectivity index (χ1n) is 10.6. The predicted molar refractivity (Wildman–Crippen MR) is 128 cm³/mol. The number of hydrogen-bond donors (Lipinski definition) is 0. The highest BCUT2D eigenvalue weighted by molar-refractivity contribution is 6.90. The van der Waals surface area contributed by atoms with Crippen LogP contribution in [0.4, 0.5) is 0 Å². The Morgan fingerprint density at radius 1 is 0.897 bits per heavy atom. The van der Waals surface area contributed by atoms with Gasteiger partial charge in [-0.1, -0.05) is 77.7 Å². The van der Waals surface area contributed by atoms with Crippen molar-refractivity contribution in [2.75, 3.05) is 0 Å². The summed E-state index contributed by atoms with van der Waals surface area (Å²) in [7, 11) is -1.54. The summed E-state index contributed by atoms with van der Waals surface area (Å²) in [6.07, 6.45) is 2.03. The summed E-state index contributed by atoms with van der Waals surface area (Å²) in [4.78, 5) is 4.95. The summed E-state index contributed by atoms with van der Waals surface area (Å²) >= 11 is 0. The average Bonchev–Trinajstić information content (AvgIpc) is 3.05. The lowest BCUT2D eigenvalue weighted by Crippen LogP contribution is -2.38. The number of fused-ring (bicyclic) bond motifs is 3. The Labute approximate surface area is 175 Å². The summed E-state index contributed by atoms with van der Waals surface area (Å²) in [5.74, 6) is 0.863. The molecular formula is C26H31NOSi. The summed E-state index contributed by atoms with van der Waals surface area (Å²) in [5, 5.41) is 3.94. The van der Waals surface area contributed by atoms with E-state index < -0.39 is 8.07 Å². The van der Waals surface area contributed by atoms with Crippen molar-refractivity contribution in [3.63, 3.8) is 0 Å². The van der Waals surface area contributed by atoms with Gasteiger partial charge in [0.15, 0.2) is 0 Å². The topological polar surface area (TPSA) is 26.0 Å². The molecule has 0 unspecified atom stereocenters. The molecule has 0 saturated carbocycles. The number of pyridine rings is 1. The molecule has 3 heteroatoms. The second kappa shape index (κ2) is 7.14. The molecule has 0 aliphatic rings. The van der Waals surface area contributed by atoms with Crippen molar-refractivity contribution < 1.29 is 4.42 Å². The third-order valence-electron chi connectivity index (χ3n) is 5.82. The van der Waals surface area contributed by atoms with Crippen molar-refractivity contribution in [3.05, 3.63) is 59.8 Å². The van der Waals surface area contributed by atoms with Crippen molar-refractivity contribution >= 4 is 35.2 Å². The number of nitrogens with zero attached hydrogens (tertiary/aromatic N) is 1. The van der Waals surface area contributed by atoms with Crippen LogP contribution < -0.4 is 5.19 Å². The Balaban J connectivity index is 2.09. The highest BCUT2D eigenvalue weighted by atomic mass is 28.3. The molecule has 0 amide bonds. The van der Waals surface area contributed by atoms with E-state index in [1.807, 2.05) is 12.3 Å². The Hall–Kier alpha value is -2.39. The molecule has 4 rings (SSSR count). The van der Waals surface area contributed by atoms with Crippen molar-refractivity contribution in [2.45, 2.75) is 59.2 Å². The maximum Gasteiger partial charge on any atom is 0.144 e. The van der Waals surface area contributed by atoms with Gasteiger partial charge >= 0.3 is 0 Å². The van der Waals surface area contributed by atoms with E-state index in [-0.39, 0.29) is 0 Å². The van der Waals surface area contributed by atoms with E-state index in [2.05, 4.69) is 83.7 Å². The van der Waals surface area contributed by atoms with Gasteiger partial charge in [-0.3, -0.25) is 4.98 Å². The molecule has 150 valence electrons. The molecule has 0 spiro atoms. The monoisotopic (exact) mass is 401 g/mol. The summed E-state index contributed by atoms with van der Waals surface area (Å²) in [6, 6.07) is 15.3. The maximum absolute atomic E-state index is 6.47. The molecule has 2 heterocycles. The minimum Gasteiger partial charge on any atom is -0.455 e. The van der Waals surface area contributed by atoms with Gasteiger partial charge in [0.2, 0.25) is 0 Å². The van der Waals surface area contributed by atoms with E-state index in [0.717, 1.165) is 22.4 Å². The fourth-order valence-electron chi connectivity index (χ4n) is 4.12. The van der Waals surface area contributed by atoms with Gasteiger partial charge in [-0.2, -0.15) is 0 Å². The summed E-state index contributed by atoms with van der Waals surface area (Å²) in [6.45, 7) is 16.1. The largest absolute Gasteiger partial charge is 0.455 e. The Kier molecular flexibility index (Phi) is 4.90.